The topological polar surface area (TPSA) is 65.9 Å². The normalized spacial score (nSPS) is 20.3. The number of hydrogen-bond donors (Lipinski definition) is 1. The van der Waals surface area contributed by atoms with Crippen molar-refractivity contribution in [2.75, 3.05) is 58.4 Å². The Balaban J connectivity index is 1.51. The van der Waals surface area contributed by atoms with Gasteiger partial charge < -0.3 is 19.9 Å². The first-order chi connectivity index (χ1) is 13.2. The third kappa shape index (κ3) is 5.10. The third-order valence-electron chi connectivity index (χ3n) is 5.96. The van der Waals surface area contributed by atoms with Gasteiger partial charge in [-0.15, -0.1) is 0 Å². The fraction of sp³-hybridized carbons (Fsp3) is 0.842. The van der Waals surface area contributed by atoms with E-state index in [1.165, 1.54) is 37.2 Å². The summed E-state index contributed by atoms with van der Waals surface area (Å²) in [6.07, 6.45) is 7.31. The van der Waals surface area contributed by atoms with Crippen molar-refractivity contribution >= 4 is 22.6 Å². The Morgan fingerprint density at radius 1 is 1.26 bits per heavy atom. The van der Waals surface area contributed by atoms with Gasteiger partial charge >= 0.3 is 0 Å². The number of anilines is 1. The van der Waals surface area contributed by atoms with Gasteiger partial charge in [-0.3, -0.25) is 4.99 Å². The SMILES string of the molecule is CCc1nsc(N2CCN(C(=NC)NCC3(CCOC)CCCC3)CC2)n1. The summed E-state index contributed by atoms with van der Waals surface area (Å²) in [5.41, 5.74) is 0.372. The standard InChI is InChI=1S/C19H34N6OS/c1-4-16-22-18(27-23-16)25-12-10-24(11-13-25)17(20-2)21-15-19(9-14-26-3)7-5-6-8-19/h4-15H2,1-3H3,(H,20,21). The lowest BCUT2D eigenvalue weighted by atomic mass is 9.83. The summed E-state index contributed by atoms with van der Waals surface area (Å²) < 4.78 is 9.77. The first kappa shape index (κ1) is 20.3. The number of hydrogen-bond acceptors (Lipinski definition) is 6. The maximum atomic E-state index is 5.36. The van der Waals surface area contributed by atoms with Crippen molar-refractivity contribution in [3.05, 3.63) is 5.82 Å². The molecular formula is C19H34N6OS. The molecule has 0 atom stereocenters. The van der Waals surface area contributed by atoms with Crippen LogP contribution < -0.4 is 10.2 Å². The Morgan fingerprint density at radius 3 is 2.59 bits per heavy atom. The summed E-state index contributed by atoms with van der Waals surface area (Å²) in [6, 6.07) is 0. The Kier molecular flexibility index (Phi) is 7.29. The molecule has 152 valence electrons. The second-order valence-electron chi connectivity index (χ2n) is 7.67. The van der Waals surface area contributed by atoms with Gasteiger partial charge in [0.25, 0.3) is 0 Å². The smallest absolute Gasteiger partial charge is 0.205 e. The van der Waals surface area contributed by atoms with Gasteiger partial charge in [0.15, 0.2) is 5.96 Å². The maximum absolute atomic E-state index is 5.36. The van der Waals surface area contributed by atoms with Gasteiger partial charge in [-0.25, -0.2) is 4.98 Å². The summed E-state index contributed by atoms with van der Waals surface area (Å²) in [6.45, 7) is 7.81. The van der Waals surface area contributed by atoms with Crippen LogP contribution in [0, 0.1) is 5.41 Å². The highest BCUT2D eigenvalue weighted by molar-refractivity contribution is 7.09. The molecule has 0 amide bonds. The summed E-state index contributed by atoms with van der Waals surface area (Å²) >= 11 is 1.52. The number of methoxy groups -OCH3 is 1. The average Bonchev–Trinajstić information content (AvgIpc) is 3.37. The zero-order valence-corrected chi connectivity index (χ0v) is 17.9. The number of rotatable bonds is 7. The van der Waals surface area contributed by atoms with Crippen LogP contribution in [0.1, 0.15) is 44.9 Å². The minimum atomic E-state index is 0.372. The van der Waals surface area contributed by atoms with E-state index in [0.29, 0.717) is 5.41 Å². The second kappa shape index (κ2) is 9.68. The van der Waals surface area contributed by atoms with Crippen LogP contribution in [0.2, 0.25) is 0 Å². The molecule has 0 radical (unpaired) electrons. The number of nitrogens with zero attached hydrogens (tertiary/aromatic N) is 5. The molecule has 0 unspecified atom stereocenters. The van der Waals surface area contributed by atoms with Crippen LogP contribution in [0.25, 0.3) is 0 Å². The van der Waals surface area contributed by atoms with Crippen molar-refractivity contribution in [1.29, 1.82) is 0 Å². The Labute approximate surface area is 167 Å². The van der Waals surface area contributed by atoms with E-state index in [9.17, 15) is 0 Å². The van der Waals surface area contributed by atoms with E-state index in [1.807, 2.05) is 7.05 Å². The zero-order chi connectivity index (χ0) is 19.1. The predicted molar refractivity (Wildman–Crippen MR) is 112 cm³/mol. The molecular weight excluding hydrogens is 360 g/mol. The van der Waals surface area contributed by atoms with E-state index in [4.69, 9.17) is 4.74 Å². The van der Waals surface area contributed by atoms with Crippen LogP contribution in [0.5, 0.6) is 0 Å². The van der Waals surface area contributed by atoms with Gasteiger partial charge in [0.1, 0.15) is 5.82 Å². The first-order valence-corrected chi connectivity index (χ1v) is 11.0. The largest absolute Gasteiger partial charge is 0.385 e. The molecule has 2 heterocycles. The second-order valence-corrected chi connectivity index (χ2v) is 8.40. The highest BCUT2D eigenvalue weighted by Gasteiger charge is 2.34. The van der Waals surface area contributed by atoms with Crippen molar-refractivity contribution < 1.29 is 4.74 Å². The summed E-state index contributed by atoms with van der Waals surface area (Å²) in [7, 11) is 3.69. The minimum Gasteiger partial charge on any atom is -0.385 e. The maximum Gasteiger partial charge on any atom is 0.205 e. The summed E-state index contributed by atoms with van der Waals surface area (Å²) in [5.74, 6) is 1.98. The van der Waals surface area contributed by atoms with Crippen molar-refractivity contribution in [2.45, 2.75) is 45.4 Å². The molecule has 2 aliphatic rings. The molecule has 1 aromatic rings. The monoisotopic (exact) mass is 394 g/mol. The van der Waals surface area contributed by atoms with Gasteiger partial charge in [-0.05, 0) is 24.7 Å². The minimum absolute atomic E-state index is 0.372. The number of guanidine groups is 1. The van der Waals surface area contributed by atoms with E-state index in [-0.39, 0.29) is 0 Å². The number of ether oxygens (including phenoxy) is 1. The van der Waals surface area contributed by atoms with Gasteiger partial charge in [0.05, 0.1) is 0 Å². The molecule has 1 saturated carbocycles. The van der Waals surface area contributed by atoms with E-state index < -0.39 is 0 Å². The Bertz CT molecular complexity index is 605. The van der Waals surface area contributed by atoms with Gasteiger partial charge in [-0.1, -0.05) is 19.8 Å². The van der Waals surface area contributed by atoms with Crippen LogP contribution >= 0.6 is 11.5 Å². The van der Waals surface area contributed by atoms with Crippen LogP contribution in [-0.2, 0) is 11.2 Å². The van der Waals surface area contributed by atoms with Crippen LogP contribution in [0.15, 0.2) is 4.99 Å². The number of nitrogens with one attached hydrogen (secondary N) is 1. The summed E-state index contributed by atoms with van der Waals surface area (Å²) in [4.78, 5) is 13.9. The molecule has 8 heteroatoms. The molecule has 0 bridgehead atoms. The lowest BCUT2D eigenvalue weighted by Crippen LogP contribution is -2.53. The average molecular weight is 395 g/mol. The number of aromatic nitrogens is 2. The third-order valence-corrected chi connectivity index (χ3v) is 6.77. The highest BCUT2D eigenvalue weighted by Crippen LogP contribution is 2.40. The number of aryl methyl sites for hydroxylation is 1. The van der Waals surface area contributed by atoms with Crippen LogP contribution in [-0.4, -0.2) is 73.7 Å². The fourth-order valence-corrected chi connectivity index (χ4v) is 4.99. The number of aliphatic imine (C=N–C) groups is 1. The van der Waals surface area contributed by atoms with Crippen molar-refractivity contribution in [1.82, 2.24) is 19.6 Å². The molecule has 0 aromatic carbocycles. The van der Waals surface area contributed by atoms with Crippen molar-refractivity contribution in [3.8, 4) is 0 Å². The number of piperazine rings is 1. The molecule has 1 aromatic heterocycles. The molecule has 1 aliphatic carbocycles. The zero-order valence-electron chi connectivity index (χ0n) is 17.0. The molecule has 1 N–H and O–H groups in total. The van der Waals surface area contributed by atoms with Gasteiger partial charge in [0.2, 0.25) is 5.13 Å². The molecule has 7 nitrogen and oxygen atoms in total. The lowest BCUT2D eigenvalue weighted by molar-refractivity contribution is 0.137. The molecule has 3 rings (SSSR count). The van der Waals surface area contributed by atoms with Gasteiger partial charge in [-0.2, -0.15) is 4.37 Å². The quantitative estimate of drug-likeness (QED) is 0.566. The molecule has 1 aliphatic heterocycles. The molecule has 2 fully saturated rings. The summed E-state index contributed by atoms with van der Waals surface area (Å²) in [5, 5.41) is 4.73. The van der Waals surface area contributed by atoms with Crippen molar-refractivity contribution in [3.63, 3.8) is 0 Å². The van der Waals surface area contributed by atoms with E-state index in [2.05, 4.69) is 36.4 Å². The van der Waals surface area contributed by atoms with Crippen molar-refractivity contribution in [2.24, 2.45) is 10.4 Å². The van der Waals surface area contributed by atoms with Crippen LogP contribution in [0.4, 0.5) is 5.13 Å². The van der Waals surface area contributed by atoms with E-state index in [1.54, 1.807) is 7.11 Å². The highest BCUT2D eigenvalue weighted by atomic mass is 32.1. The van der Waals surface area contributed by atoms with E-state index in [0.717, 1.165) is 69.1 Å². The van der Waals surface area contributed by atoms with Gasteiger partial charge in [0, 0.05) is 71.4 Å². The van der Waals surface area contributed by atoms with E-state index >= 15 is 0 Å². The fourth-order valence-electron chi connectivity index (χ4n) is 4.18. The first-order valence-electron chi connectivity index (χ1n) is 10.2. The molecule has 27 heavy (non-hydrogen) atoms. The predicted octanol–water partition coefficient (Wildman–Crippen LogP) is 2.39. The van der Waals surface area contributed by atoms with Crippen LogP contribution in [0.3, 0.4) is 0 Å². The molecule has 1 saturated heterocycles. The molecule has 0 spiro atoms. The lowest BCUT2D eigenvalue weighted by Gasteiger charge is -2.37. The Hall–Kier alpha value is -1.41. The Morgan fingerprint density at radius 2 is 2.00 bits per heavy atom.